The Labute approximate surface area is 226 Å². The van der Waals surface area contributed by atoms with Crippen LogP contribution < -0.4 is 4.72 Å². The van der Waals surface area contributed by atoms with Gasteiger partial charge in [0.2, 0.25) is 5.91 Å². The maximum absolute atomic E-state index is 13.3. The summed E-state index contributed by atoms with van der Waals surface area (Å²) in [7, 11) is 0.000821. The second-order valence-corrected chi connectivity index (χ2v) is 13.3. The summed E-state index contributed by atoms with van der Waals surface area (Å²) in [5, 5.41) is 5.33. The van der Waals surface area contributed by atoms with E-state index in [1.807, 2.05) is 25.2 Å². The Hall–Kier alpha value is -2.81. The van der Waals surface area contributed by atoms with Crippen LogP contribution in [0.2, 0.25) is 0 Å². The molecule has 38 heavy (non-hydrogen) atoms. The van der Waals surface area contributed by atoms with Gasteiger partial charge in [0.05, 0.1) is 11.4 Å². The summed E-state index contributed by atoms with van der Waals surface area (Å²) in [6, 6.07) is 5.75. The van der Waals surface area contributed by atoms with E-state index in [0.29, 0.717) is 40.7 Å². The molecule has 2 fully saturated rings. The molecule has 9 heteroatoms. The number of anilines is 1. The summed E-state index contributed by atoms with van der Waals surface area (Å²) in [6.07, 6.45) is 7.95. The highest BCUT2D eigenvalue weighted by atomic mass is 32.2. The Balaban J connectivity index is 1.38. The van der Waals surface area contributed by atoms with E-state index in [1.54, 1.807) is 25.6 Å². The molecule has 1 unspecified atom stereocenters. The smallest absolute Gasteiger partial charge is 0.265 e. The monoisotopic (exact) mass is 539 g/mol. The molecule has 2 aliphatic rings. The molecule has 1 N–H and O–H groups in total. The summed E-state index contributed by atoms with van der Waals surface area (Å²) >= 11 is 0. The van der Waals surface area contributed by atoms with Crippen molar-refractivity contribution in [3.63, 3.8) is 0 Å². The predicted octanol–water partition coefficient (Wildman–Crippen LogP) is 5.11. The molecular formula is C29H41N5O3S. The fraction of sp³-hybridized carbons (Fsp3) is 0.586. The Kier molecular flexibility index (Phi) is 7.09. The molecule has 3 atom stereocenters. The van der Waals surface area contributed by atoms with Crippen LogP contribution in [0.4, 0.5) is 5.69 Å². The third-order valence-electron chi connectivity index (χ3n) is 9.10. The van der Waals surface area contributed by atoms with Crippen molar-refractivity contribution in [3.05, 3.63) is 41.3 Å². The van der Waals surface area contributed by atoms with Gasteiger partial charge in [0, 0.05) is 55.9 Å². The molecule has 2 aromatic heterocycles. The van der Waals surface area contributed by atoms with E-state index in [2.05, 4.69) is 39.3 Å². The van der Waals surface area contributed by atoms with Gasteiger partial charge in [-0.3, -0.25) is 14.2 Å². The van der Waals surface area contributed by atoms with E-state index < -0.39 is 10.0 Å². The van der Waals surface area contributed by atoms with Crippen molar-refractivity contribution in [2.75, 3.05) is 17.8 Å². The van der Waals surface area contributed by atoms with Gasteiger partial charge in [0.25, 0.3) is 10.0 Å². The lowest BCUT2D eigenvalue weighted by molar-refractivity contribution is -0.138. The van der Waals surface area contributed by atoms with Gasteiger partial charge in [-0.25, -0.2) is 8.42 Å². The van der Waals surface area contributed by atoms with E-state index in [1.165, 1.54) is 31.2 Å². The number of benzene rings is 1. The highest BCUT2D eigenvalue weighted by molar-refractivity contribution is 7.92. The summed E-state index contributed by atoms with van der Waals surface area (Å²) < 4.78 is 33.1. The Bertz CT molecular complexity index is 1460. The van der Waals surface area contributed by atoms with Crippen LogP contribution in [0, 0.1) is 31.6 Å². The van der Waals surface area contributed by atoms with Crippen molar-refractivity contribution in [2.45, 2.75) is 70.6 Å². The molecule has 0 bridgehead atoms. The molecule has 1 saturated carbocycles. The number of fused-ring (bicyclic) bond motifs is 1. The van der Waals surface area contributed by atoms with Gasteiger partial charge in [-0.2, -0.15) is 5.10 Å². The van der Waals surface area contributed by atoms with Crippen LogP contribution in [0.5, 0.6) is 0 Å². The van der Waals surface area contributed by atoms with E-state index in [0.717, 1.165) is 30.4 Å². The minimum Gasteiger partial charge on any atom is -0.350 e. The number of carbonyl (C=O) groups is 1. The average molecular weight is 540 g/mol. The van der Waals surface area contributed by atoms with Crippen LogP contribution in [-0.4, -0.2) is 46.7 Å². The first-order valence-electron chi connectivity index (χ1n) is 13.9. The lowest BCUT2D eigenvalue weighted by atomic mass is 9.80. The van der Waals surface area contributed by atoms with E-state index in [4.69, 9.17) is 0 Å². The summed E-state index contributed by atoms with van der Waals surface area (Å²) in [5.74, 6) is 1.59. The predicted molar refractivity (Wildman–Crippen MR) is 151 cm³/mol. The Morgan fingerprint density at radius 2 is 1.84 bits per heavy atom. The fourth-order valence-electron chi connectivity index (χ4n) is 6.89. The lowest BCUT2D eigenvalue weighted by Gasteiger charge is -2.39. The number of nitrogens with zero attached hydrogens (tertiary/aromatic N) is 4. The molecule has 3 heterocycles. The van der Waals surface area contributed by atoms with Gasteiger partial charge in [0.1, 0.15) is 4.90 Å². The minimum atomic E-state index is -3.78. The first-order valence-corrected chi connectivity index (χ1v) is 15.4. The molecule has 1 amide bonds. The molecule has 1 aromatic carbocycles. The van der Waals surface area contributed by atoms with Gasteiger partial charge in [-0.1, -0.05) is 26.7 Å². The van der Waals surface area contributed by atoms with Crippen LogP contribution >= 0.6 is 0 Å². The highest BCUT2D eigenvalue weighted by Crippen LogP contribution is 2.40. The number of carbonyl (C=O) groups excluding carboxylic acids is 1. The SMILES string of the molecule is Cc1nn(C)c(C)c1S(=O)(=O)Nc1ccc2c(c1)c([C@@H]1CCN(C(=O)C(C)C3CCCC3)C[C@@H]1C)cn2C. The molecule has 1 aliphatic carbocycles. The number of piperidine rings is 1. The average Bonchev–Trinajstić information content (AvgIpc) is 3.57. The summed E-state index contributed by atoms with van der Waals surface area (Å²) in [5.41, 5.74) is 3.92. The van der Waals surface area contributed by atoms with Crippen LogP contribution in [0.15, 0.2) is 29.3 Å². The third-order valence-corrected chi connectivity index (χ3v) is 10.7. The zero-order valence-electron chi connectivity index (χ0n) is 23.5. The van der Waals surface area contributed by atoms with Crippen LogP contribution in [-0.2, 0) is 28.9 Å². The number of aryl methyl sites for hydroxylation is 3. The summed E-state index contributed by atoms with van der Waals surface area (Å²) in [4.78, 5) is 15.6. The van der Waals surface area contributed by atoms with Crippen molar-refractivity contribution in [1.82, 2.24) is 19.2 Å². The van der Waals surface area contributed by atoms with E-state index >= 15 is 0 Å². The molecule has 5 rings (SSSR count). The number of nitrogens with one attached hydrogen (secondary N) is 1. The zero-order valence-corrected chi connectivity index (χ0v) is 24.3. The molecule has 1 saturated heterocycles. The fourth-order valence-corrected chi connectivity index (χ4v) is 8.38. The van der Waals surface area contributed by atoms with Crippen molar-refractivity contribution in [1.29, 1.82) is 0 Å². The molecule has 8 nitrogen and oxygen atoms in total. The Morgan fingerprint density at radius 1 is 1.13 bits per heavy atom. The van der Waals surface area contributed by atoms with E-state index in [9.17, 15) is 13.2 Å². The van der Waals surface area contributed by atoms with Crippen molar-refractivity contribution in [2.24, 2.45) is 31.8 Å². The van der Waals surface area contributed by atoms with Crippen LogP contribution in [0.3, 0.4) is 0 Å². The highest BCUT2D eigenvalue weighted by Gasteiger charge is 2.35. The van der Waals surface area contributed by atoms with Crippen LogP contribution in [0.1, 0.15) is 68.8 Å². The van der Waals surface area contributed by atoms with Gasteiger partial charge in [-0.15, -0.1) is 0 Å². The number of amides is 1. The quantitative estimate of drug-likeness (QED) is 0.472. The molecule has 206 valence electrons. The number of sulfonamides is 1. The number of hydrogen-bond acceptors (Lipinski definition) is 4. The number of rotatable bonds is 6. The maximum Gasteiger partial charge on any atom is 0.265 e. The Morgan fingerprint density at radius 3 is 2.47 bits per heavy atom. The number of likely N-dealkylation sites (tertiary alicyclic amines) is 1. The van der Waals surface area contributed by atoms with Gasteiger partial charge in [-0.05, 0) is 74.6 Å². The molecule has 1 aliphatic heterocycles. The summed E-state index contributed by atoms with van der Waals surface area (Å²) in [6.45, 7) is 9.38. The molecule has 0 radical (unpaired) electrons. The maximum atomic E-state index is 13.3. The van der Waals surface area contributed by atoms with Crippen molar-refractivity contribution in [3.8, 4) is 0 Å². The topological polar surface area (TPSA) is 89.2 Å². The minimum absolute atomic E-state index is 0.112. The van der Waals surface area contributed by atoms with E-state index in [-0.39, 0.29) is 10.8 Å². The lowest BCUT2D eigenvalue weighted by Crippen LogP contribution is -2.45. The van der Waals surface area contributed by atoms with Gasteiger partial charge < -0.3 is 9.47 Å². The zero-order chi connectivity index (χ0) is 27.4. The largest absolute Gasteiger partial charge is 0.350 e. The number of aromatic nitrogens is 3. The first kappa shape index (κ1) is 26.8. The van der Waals surface area contributed by atoms with Crippen LogP contribution in [0.25, 0.3) is 10.9 Å². The van der Waals surface area contributed by atoms with Crippen molar-refractivity contribution >= 4 is 32.5 Å². The standard InChI is InChI=1S/C29H41N5O3S/c1-18-16-34(29(35)19(2)22-9-7-8-10-22)14-13-24(18)26-17-32(5)27-12-11-23(15-25(26)27)31-38(36,37)28-20(3)30-33(6)21(28)4/h11-12,15,17-19,22,24,31H,7-10,13-14,16H2,1-6H3/t18-,19?,24+/m0/s1. The first-order chi connectivity index (χ1) is 18.0. The second kappa shape index (κ2) is 10.1. The normalized spacial score (nSPS) is 21.8. The molecular weight excluding hydrogens is 498 g/mol. The number of hydrogen-bond donors (Lipinski definition) is 1. The molecule has 3 aromatic rings. The van der Waals surface area contributed by atoms with Crippen molar-refractivity contribution < 1.29 is 13.2 Å². The molecule has 0 spiro atoms. The third kappa shape index (κ3) is 4.74. The van der Waals surface area contributed by atoms with Gasteiger partial charge >= 0.3 is 0 Å². The van der Waals surface area contributed by atoms with Gasteiger partial charge in [0.15, 0.2) is 0 Å². The second-order valence-electron chi connectivity index (χ2n) is 11.6.